The van der Waals surface area contributed by atoms with Gasteiger partial charge in [-0.3, -0.25) is 4.79 Å². The lowest BCUT2D eigenvalue weighted by atomic mass is 9.58. The molecule has 0 amide bonds. The maximum absolute atomic E-state index is 12.5. The summed E-state index contributed by atoms with van der Waals surface area (Å²) in [5.74, 6) is 1.30. The molecular weight excluding hydrogens is 288 g/mol. The summed E-state index contributed by atoms with van der Waals surface area (Å²) >= 11 is 0. The van der Waals surface area contributed by atoms with E-state index in [1.165, 1.54) is 5.57 Å². The Hall–Kier alpha value is -1.51. The number of allylic oxidation sites excluding steroid dienone is 1. The second kappa shape index (κ2) is 5.85. The maximum atomic E-state index is 12.5. The normalized spacial score (nSPS) is 30.9. The Labute approximate surface area is 139 Å². The molecule has 0 fully saturated rings. The Morgan fingerprint density at radius 3 is 2.96 bits per heavy atom. The van der Waals surface area contributed by atoms with Crippen LogP contribution in [0, 0.1) is 24.2 Å². The molecule has 0 spiro atoms. The predicted octanol–water partition coefficient (Wildman–Crippen LogP) is 5.14. The van der Waals surface area contributed by atoms with E-state index in [-0.39, 0.29) is 23.4 Å². The SMILES string of the molecule is CC[C@@H](C)C(=O)O[C@@H]1c2c(C)coc2CC2=CCC[C@H](C)[C@]21C. The molecule has 2 aliphatic rings. The quantitative estimate of drug-likeness (QED) is 0.573. The molecule has 0 radical (unpaired) electrons. The third-order valence-corrected chi connectivity index (χ3v) is 6.22. The average molecular weight is 316 g/mol. The van der Waals surface area contributed by atoms with E-state index in [4.69, 9.17) is 9.15 Å². The van der Waals surface area contributed by atoms with E-state index >= 15 is 0 Å². The highest BCUT2D eigenvalue weighted by molar-refractivity contribution is 5.72. The molecule has 126 valence electrons. The van der Waals surface area contributed by atoms with Crippen LogP contribution in [0.15, 0.2) is 22.3 Å². The number of hydrogen-bond donors (Lipinski definition) is 0. The number of fused-ring (bicyclic) bond motifs is 2. The summed E-state index contributed by atoms with van der Waals surface area (Å²) in [4.78, 5) is 12.5. The Morgan fingerprint density at radius 2 is 2.26 bits per heavy atom. The van der Waals surface area contributed by atoms with Crippen molar-refractivity contribution in [3.63, 3.8) is 0 Å². The number of hydrogen-bond acceptors (Lipinski definition) is 3. The summed E-state index contributed by atoms with van der Waals surface area (Å²) in [6.07, 6.45) is 7.81. The minimum Gasteiger partial charge on any atom is -0.468 e. The molecule has 2 aliphatic carbocycles. The summed E-state index contributed by atoms with van der Waals surface area (Å²) in [6.45, 7) is 10.6. The first-order valence-corrected chi connectivity index (χ1v) is 8.86. The van der Waals surface area contributed by atoms with Crippen molar-refractivity contribution in [2.75, 3.05) is 0 Å². The molecule has 0 bridgehead atoms. The maximum Gasteiger partial charge on any atom is 0.309 e. The number of esters is 1. The molecule has 1 heterocycles. The van der Waals surface area contributed by atoms with Crippen molar-refractivity contribution >= 4 is 5.97 Å². The number of ether oxygens (including phenoxy) is 1. The van der Waals surface area contributed by atoms with Crippen LogP contribution in [0.1, 0.15) is 69.9 Å². The molecule has 4 atom stereocenters. The van der Waals surface area contributed by atoms with Crippen molar-refractivity contribution < 1.29 is 13.9 Å². The van der Waals surface area contributed by atoms with Gasteiger partial charge in [-0.05, 0) is 37.7 Å². The largest absolute Gasteiger partial charge is 0.468 e. The first kappa shape index (κ1) is 16.4. The summed E-state index contributed by atoms with van der Waals surface area (Å²) in [7, 11) is 0. The van der Waals surface area contributed by atoms with Crippen LogP contribution < -0.4 is 0 Å². The van der Waals surface area contributed by atoms with E-state index in [9.17, 15) is 4.79 Å². The third kappa shape index (κ3) is 2.45. The van der Waals surface area contributed by atoms with E-state index in [2.05, 4.69) is 26.8 Å². The first-order valence-electron chi connectivity index (χ1n) is 8.86. The zero-order valence-corrected chi connectivity index (χ0v) is 14.9. The van der Waals surface area contributed by atoms with E-state index in [0.29, 0.717) is 5.92 Å². The standard InChI is InChI=1S/C20H28O3/c1-6-12(2)19(21)23-18-17-13(3)11-22-16(17)10-15-9-7-8-14(4)20(15,18)5/h9,11-12,14,18H,6-8,10H2,1-5H3/t12-,14+,18-,20-/m1/s1. The Morgan fingerprint density at radius 1 is 1.52 bits per heavy atom. The number of carbonyl (C=O) groups is 1. The lowest BCUT2D eigenvalue weighted by molar-refractivity contribution is -0.163. The topological polar surface area (TPSA) is 39.4 Å². The Balaban J connectivity index is 2.07. The van der Waals surface area contributed by atoms with Crippen molar-refractivity contribution in [3.8, 4) is 0 Å². The average Bonchev–Trinajstić information content (AvgIpc) is 2.89. The van der Waals surface area contributed by atoms with Gasteiger partial charge in [-0.15, -0.1) is 0 Å². The van der Waals surface area contributed by atoms with Gasteiger partial charge in [0.25, 0.3) is 0 Å². The fourth-order valence-electron chi connectivity index (χ4n) is 4.08. The van der Waals surface area contributed by atoms with Crippen LogP contribution in [0.5, 0.6) is 0 Å². The molecule has 3 nitrogen and oxygen atoms in total. The molecule has 0 N–H and O–H groups in total. The molecule has 23 heavy (non-hydrogen) atoms. The molecule has 3 heteroatoms. The van der Waals surface area contributed by atoms with Crippen LogP contribution in [-0.2, 0) is 16.0 Å². The van der Waals surface area contributed by atoms with Gasteiger partial charge in [0.1, 0.15) is 11.9 Å². The third-order valence-electron chi connectivity index (χ3n) is 6.22. The van der Waals surface area contributed by atoms with Gasteiger partial charge in [0.05, 0.1) is 12.2 Å². The van der Waals surface area contributed by atoms with Crippen molar-refractivity contribution in [2.45, 2.75) is 66.4 Å². The fraction of sp³-hybridized carbons (Fsp3) is 0.650. The minimum absolute atomic E-state index is 0.0671. The van der Waals surface area contributed by atoms with Gasteiger partial charge in [0.15, 0.2) is 0 Å². The first-order chi connectivity index (χ1) is 10.9. The number of furan rings is 1. The summed E-state index contributed by atoms with van der Waals surface area (Å²) < 4.78 is 11.9. The molecule has 0 saturated heterocycles. The monoisotopic (exact) mass is 316 g/mol. The smallest absolute Gasteiger partial charge is 0.309 e. The highest BCUT2D eigenvalue weighted by atomic mass is 16.5. The molecule has 1 aromatic heterocycles. The zero-order chi connectivity index (χ0) is 16.8. The second-order valence-corrected chi connectivity index (χ2v) is 7.55. The molecule has 3 rings (SSSR count). The Kier molecular flexibility index (Phi) is 4.16. The van der Waals surface area contributed by atoms with Crippen LogP contribution in [0.4, 0.5) is 0 Å². The Bertz CT molecular complexity index is 639. The summed E-state index contributed by atoms with van der Waals surface area (Å²) in [6, 6.07) is 0. The van der Waals surface area contributed by atoms with Gasteiger partial charge in [-0.1, -0.05) is 39.3 Å². The van der Waals surface area contributed by atoms with Crippen LogP contribution in [-0.4, -0.2) is 5.97 Å². The van der Waals surface area contributed by atoms with Gasteiger partial charge < -0.3 is 9.15 Å². The second-order valence-electron chi connectivity index (χ2n) is 7.55. The van der Waals surface area contributed by atoms with E-state index in [1.807, 2.05) is 13.8 Å². The van der Waals surface area contributed by atoms with Crippen molar-refractivity contribution in [3.05, 3.63) is 34.8 Å². The van der Waals surface area contributed by atoms with E-state index < -0.39 is 0 Å². The van der Waals surface area contributed by atoms with Gasteiger partial charge in [-0.2, -0.15) is 0 Å². The van der Waals surface area contributed by atoms with Crippen LogP contribution >= 0.6 is 0 Å². The lowest BCUT2D eigenvalue weighted by Crippen LogP contribution is -2.43. The van der Waals surface area contributed by atoms with Crippen molar-refractivity contribution in [1.29, 1.82) is 0 Å². The number of aryl methyl sites for hydroxylation is 1. The van der Waals surface area contributed by atoms with Crippen LogP contribution in [0.3, 0.4) is 0 Å². The van der Waals surface area contributed by atoms with Gasteiger partial charge in [-0.25, -0.2) is 0 Å². The lowest BCUT2D eigenvalue weighted by Gasteiger charge is -2.48. The predicted molar refractivity (Wildman–Crippen MR) is 90.0 cm³/mol. The molecule has 0 saturated carbocycles. The summed E-state index contributed by atoms with van der Waals surface area (Å²) in [5.41, 5.74) is 3.46. The summed E-state index contributed by atoms with van der Waals surface area (Å²) in [5, 5.41) is 0. The molecule has 1 aromatic rings. The van der Waals surface area contributed by atoms with Crippen molar-refractivity contribution in [1.82, 2.24) is 0 Å². The minimum atomic E-state index is -0.229. The highest BCUT2D eigenvalue weighted by Crippen LogP contribution is 2.57. The zero-order valence-electron chi connectivity index (χ0n) is 14.9. The number of carbonyl (C=O) groups excluding carboxylic acids is 1. The van der Waals surface area contributed by atoms with Crippen molar-refractivity contribution in [2.24, 2.45) is 17.3 Å². The van der Waals surface area contributed by atoms with Gasteiger partial charge >= 0.3 is 5.97 Å². The number of rotatable bonds is 3. The molecular formula is C20H28O3. The van der Waals surface area contributed by atoms with Gasteiger partial charge in [0.2, 0.25) is 0 Å². The van der Waals surface area contributed by atoms with Crippen LogP contribution in [0.2, 0.25) is 0 Å². The molecule has 0 aromatic carbocycles. The van der Waals surface area contributed by atoms with Gasteiger partial charge in [0, 0.05) is 17.4 Å². The molecule has 0 unspecified atom stereocenters. The molecule has 0 aliphatic heterocycles. The fourth-order valence-corrected chi connectivity index (χ4v) is 4.08. The van der Waals surface area contributed by atoms with E-state index in [1.54, 1.807) is 6.26 Å². The highest BCUT2D eigenvalue weighted by Gasteiger charge is 2.51. The van der Waals surface area contributed by atoms with Crippen LogP contribution in [0.25, 0.3) is 0 Å². The van der Waals surface area contributed by atoms with E-state index in [0.717, 1.165) is 42.6 Å².